The highest BCUT2D eigenvalue weighted by Crippen LogP contribution is 2.38. The van der Waals surface area contributed by atoms with E-state index < -0.39 is 14.9 Å². The van der Waals surface area contributed by atoms with Crippen molar-refractivity contribution in [2.75, 3.05) is 22.8 Å². The fourth-order valence-corrected chi connectivity index (χ4v) is 3.76. The Morgan fingerprint density at radius 2 is 1.89 bits per heavy atom. The van der Waals surface area contributed by atoms with E-state index in [1.165, 1.54) is 12.1 Å². The fraction of sp³-hybridized carbons (Fsp3) is 0.667. The van der Waals surface area contributed by atoms with Gasteiger partial charge in [0, 0.05) is 6.54 Å². The van der Waals surface area contributed by atoms with Crippen molar-refractivity contribution in [2.45, 2.75) is 64.4 Å². The summed E-state index contributed by atoms with van der Waals surface area (Å²) in [6.45, 7) is 2.66. The first-order valence-corrected chi connectivity index (χ1v) is 11.4. The van der Waals surface area contributed by atoms with Crippen molar-refractivity contribution in [1.29, 1.82) is 0 Å². The summed E-state index contributed by atoms with van der Waals surface area (Å²) in [5.41, 5.74) is 0.404. The van der Waals surface area contributed by atoms with Crippen molar-refractivity contribution >= 4 is 27.1 Å². The number of rotatable bonds is 10. The van der Waals surface area contributed by atoms with Crippen molar-refractivity contribution in [3.05, 3.63) is 22.2 Å². The molecule has 8 nitrogen and oxygen atoms in total. The topological polar surface area (TPSA) is 111 Å². The quantitative estimate of drug-likeness (QED) is 0.345. The highest BCUT2D eigenvalue weighted by molar-refractivity contribution is 7.92. The molecule has 0 spiro atoms. The average molecular weight is 400 g/mol. The van der Waals surface area contributed by atoms with E-state index in [0.717, 1.165) is 57.6 Å². The summed E-state index contributed by atoms with van der Waals surface area (Å²) in [6, 6.07) is 2.79. The maximum absolute atomic E-state index is 11.8. The summed E-state index contributed by atoms with van der Waals surface area (Å²) >= 11 is 0. The molecule has 1 fully saturated rings. The van der Waals surface area contributed by atoms with E-state index in [1.54, 1.807) is 0 Å². The first kappa shape index (κ1) is 21.3. The number of nitrogens with one attached hydrogen (secondary N) is 2. The van der Waals surface area contributed by atoms with Crippen LogP contribution in [0.15, 0.2) is 12.1 Å². The summed E-state index contributed by atoms with van der Waals surface area (Å²) in [6.07, 6.45) is 8.88. The second kappa shape index (κ2) is 9.77. The molecule has 0 aliphatic heterocycles. The van der Waals surface area contributed by atoms with Gasteiger partial charge in [0.1, 0.15) is 5.69 Å². The van der Waals surface area contributed by atoms with Gasteiger partial charge in [-0.2, -0.15) is 0 Å². The van der Waals surface area contributed by atoms with E-state index in [0.29, 0.717) is 12.2 Å². The lowest BCUT2D eigenvalue weighted by molar-refractivity contribution is -0.384. The number of hydrogen-bond acceptors (Lipinski definition) is 6. The van der Waals surface area contributed by atoms with E-state index in [4.69, 9.17) is 4.74 Å². The number of nitro benzene ring substituents is 1. The lowest BCUT2D eigenvalue weighted by atomic mass is 9.98. The maximum Gasteiger partial charge on any atom is 0.296 e. The van der Waals surface area contributed by atoms with Crippen molar-refractivity contribution in [1.82, 2.24) is 0 Å². The average Bonchev–Trinajstić information content (AvgIpc) is 2.60. The summed E-state index contributed by atoms with van der Waals surface area (Å²) in [7, 11) is -3.55. The smallest absolute Gasteiger partial charge is 0.296 e. The Morgan fingerprint density at radius 3 is 2.48 bits per heavy atom. The van der Waals surface area contributed by atoms with Gasteiger partial charge >= 0.3 is 0 Å². The third kappa shape index (κ3) is 6.89. The molecule has 1 aromatic carbocycles. The Balaban J connectivity index is 2.33. The van der Waals surface area contributed by atoms with Crippen LogP contribution in [0, 0.1) is 10.1 Å². The molecule has 0 radical (unpaired) electrons. The monoisotopic (exact) mass is 399 g/mol. The van der Waals surface area contributed by atoms with Crippen molar-refractivity contribution in [2.24, 2.45) is 0 Å². The first-order chi connectivity index (χ1) is 12.8. The predicted molar refractivity (Wildman–Crippen MR) is 107 cm³/mol. The summed E-state index contributed by atoms with van der Waals surface area (Å²) in [5, 5.41) is 14.6. The number of anilines is 2. The molecule has 2 rings (SSSR count). The van der Waals surface area contributed by atoms with Gasteiger partial charge in [0.15, 0.2) is 5.75 Å². The molecule has 1 aromatic rings. The van der Waals surface area contributed by atoms with Crippen LogP contribution in [-0.4, -0.2) is 32.2 Å². The number of nitro groups is 1. The number of unbranched alkanes of at least 4 members (excludes halogenated alkanes) is 2. The lowest BCUT2D eigenvalue weighted by Crippen LogP contribution is -2.21. The maximum atomic E-state index is 11.8. The highest BCUT2D eigenvalue weighted by Gasteiger charge is 2.23. The van der Waals surface area contributed by atoms with Gasteiger partial charge in [0.25, 0.3) is 5.69 Å². The van der Waals surface area contributed by atoms with Crippen molar-refractivity contribution in [3.63, 3.8) is 0 Å². The molecule has 1 aliphatic carbocycles. The molecular weight excluding hydrogens is 370 g/mol. The Morgan fingerprint density at radius 1 is 1.19 bits per heavy atom. The molecule has 2 N–H and O–H groups in total. The number of hydrogen-bond donors (Lipinski definition) is 2. The second-order valence-electron chi connectivity index (χ2n) is 7.01. The van der Waals surface area contributed by atoms with Gasteiger partial charge < -0.3 is 10.1 Å². The zero-order valence-corrected chi connectivity index (χ0v) is 16.8. The molecule has 152 valence electrons. The van der Waals surface area contributed by atoms with Crippen LogP contribution >= 0.6 is 0 Å². The summed E-state index contributed by atoms with van der Waals surface area (Å²) < 4.78 is 31.9. The Kier molecular flexibility index (Phi) is 7.70. The molecule has 0 atom stereocenters. The van der Waals surface area contributed by atoms with Gasteiger partial charge in [0.05, 0.1) is 29.0 Å². The summed E-state index contributed by atoms with van der Waals surface area (Å²) in [5.74, 6) is 0.207. The van der Waals surface area contributed by atoms with Crippen LogP contribution in [0.5, 0.6) is 5.75 Å². The van der Waals surface area contributed by atoms with Gasteiger partial charge in [-0.15, -0.1) is 0 Å². The van der Waals surface area contributed by atoms with Crippen molar-refractivity contribution < 1.29 is 18.1 Å². The van der Waals surface area contributed by atoms with Gasteiger partial charge in [-0.05, 0) is 38.2 Å². The third-order valence-electron chi connectivity index (χ3n) is 4.53. The van der Waals surface area contributed by atoms with Crippen LogP contribution < -0.4 is 14.8 Å². The van der Waals surface area contributed by atoms with Gasteiger partial charge in [-0.25, -0.2) is 8.42 Å². The van der Waals surface area contributed by atoms with E-state index in [9.17, 15) is 18.5 Å². The number of nitrogens with zero attached hydrogens (tertiary/aromatic N) is 1. The molecular formula is C18H29N3O5S. The minimum Gasteiger partial charge on any atom is -0.488 e. The molecule has 1 saturated carbocycles. The van der Waals surface area contributed by atoms with E-state index >= 15 is 0 Å². The Bertz CT molecular complexity index is 746. The Hall–Kier alpha value is -2.03. The molecule has 0 unspecified atom stereocenters. The third-order valence-corrected chi connectivity index (χ3v) is 5.12. The largest absolute Gasteiger partial charge is 0.488 e. The number of sulfonamides is 1. The van der Waals surface area contributed by atoms with E-state index in [1.807, 2.05) is 0 Å². The zero-order chi connectivity index (χ0) is 19.9. The SMILES string of the molecule is CCCCCNc1cc(NS(C)(=O)=O)c(OC2CCCCC2)cc1[N+](=O)[O-]. The fourth-order valence-electron chi connectivity index (χ4n) is 3.20. The number of ether oxygens (including phenoxy) is 1. The molecule has 0 saturated heterocycles. The molecule has 0 heterocycles. The molecule has 0 aromatic heterocycles. The van der Waals surface area contributed by atoms with E-state index in [2.05, 4.69) is 17.0 Å². The van der Waals surface area contributed by atoms with Gasteiger partial charge in [-0.1, -0.05) is 26.2 Å². The number of benzene rings is 1. The first-order valence-electron chi connectivity index (χ1n) is 9.51. The standard InChI is InChI=1S/C18H29N3O5S/c1-3-4-8-11-19-15-12-16(20-27(2,24)25)18(13-17(15)21(22)23)26-14-9-6-5-7-10-14/h12-14,19-20H,3-11H2,1-2H3. The minimum absolute atomic E-state index is 0.0539. The van der Waals surface area contributed by atoms with Crippen LogP contribution in [0.1, 0.15) is 58.3 Å². The van der Waals surface area contributed by atoms with Crippen LogP contribution in [0.3, 0.4) is 0 Å². The van der Waals surface area contributed by atoms with Gasteiger partial charge in [0.2, 0.25) is 10.0 Å². The lowest BCUT2D eigenvalue weighted by Gasteiger charge is -2.24. The van der Waals surface area contributed by atoms with Gasteiger partial charge in [-0.3, -0.25) is 14.8 Å². The van der Waals surface area contributed by atoms with Crippen LogP contribution in [0.25, 0.3) is 0 Å². The predicted octanol–water partition coefficient (Wildman–Crippen LogP) is 4.28. The zero-order valence-electron chi connectivity index (χ0n) is 16.0. The van der Waals surface area contributed by atoms with Crippen LogP contribution in [0.2, 0.25) is 0 Å². The second-order valence-corrected chi connectivity index (χ2v) is 8.76. The molecule has 9 heteroatoms. The Labute approximate surface area is 160 Å². The van der Waals surface area contributed by atoms with Crippen LogP contribution in [-0.2, 0) is 10.0 Å². The summed E-state index contributed by atoms with van der Waals surface area (Å²) in [4.78, 5) is 11.1. The highest BCUT2D eigenvalue weighted by atomic mass is 32.2. The van der Waals surface area contributed by atoms with Crippen LogP contribution in [0.4, 0.5) is 17.1 Å². The minimum atomic E-state index is -3.55. The van der Waals surface area contributed by atoms with E-state index in [-0.39, 0.29) is 23.2 Å². The molecule has 0 bridgehead atoms. The molecule has 0 amide bonds. The normalized spacial score (nSPS) is 15.3. The molecule has 1 aliphatic rings. The van der Waals surface area contributed by atoms with Crippen molar-refractivity contribution in [3.8, 4) is 5.75 Å². The molecule has 27 heavy (non-hydrogen) atoms.